The second kappa shape index (κ2) is 11.1. The molecule has 0 spiro atoms. The lowest BCUT2D eigenvalue weighted by atomic mass is 9.80. The molecule has 5 heterocycles. The lowest BCUT2D eigenvalue weighted by molar-refractivity contribution is 0.429. The van der Waals surface area contributed by atoms with Crippen molar-refractivity contribution in [3.05, 3.63) is 182 Å². The molecule has 6 heteroatoms. The van der Waals surface area contributed by atoms with E-state index >= 15 is 0 Å². The van der Waals surface area contributed by atoms with Gasteiger partial charge in [0.15, 0.2) is 11.3 Å². The van der Waals surface area contributed by atoms with Crippen LogP contribution in [0.2, 0.25) is 0 Å². The molecule has 0 bridgehead atoms. The van der Waals surface area contributed by atoms with Crippen LogP contribution in [0.1, 0.15) is 23.2 Å². The quantitative estimate of drug-likeness (QED) is 0.171. The van der Waals surface area contributed by atoms with Crippen LogP contribution in [0.4, 0.5) is 0 Å². The van der Waals surface area contributed by atoms with Gasteiger partial charge in [-0.2, -0.15) is 0 Å². The fraction of sp³-hybridized carbons (Fsp3) is 0.0400. The van der Waals surface area contributed by atoms with Gasteiger partial charge in [0.25, 0.3) is 0 Å². The highest BCUT2D eigenvalue weighted by Crippen LogP contribution is 2.53. The van der Waals surface area contributed by atoms with Crippen LogP contribution in [0.15, 0.2) is 170 Å². The molecule has 1 aliphatic rings. The van der Waals surface area contributed by atoms with Gasteiger partial charge in [0, 0.05) is 46.7 Å². The van der Waals surface area contributed by atoms with Crippen molar-refractivity contribution in [3.63, 3.8) is 0 Å². The molecule has 1 aliphatic heterocycles. The summed E-state index contributed by atoms with van der Waals surface area (Å²) in [4.78, 5) is 20.5. The maximum absolute atomic E-state index is 5.19. The summed E-state index contributed by atoms with van der Waals surface area (Å²) in [5, 5.41) is 12.0. The van der Waals surface area contributed by atoms with E-state index in [1.54, 1.807) is 0 Å². The number of hydrogen-bond donors (Lipinski definition) is 0. The van der Waals surface area contributed by atoms with Gasteiger partial charge < -0.3 is 9.13 Å². The van der Waals surface area contributed by atoms with Crippen molar-refractivity contribution in [2.24, 2.45) is 0 Å². The predicted molar refractivity (Wildman–Crippen MR) is 228 cm³/mol. The van der Waals surface area contributed by atoms with Gasteiger partial charge in [-0.3, -0.25) is 9.97 Å². The molecule has 0 saturated carbocycles. The van der Waals surface area contributed by atoms with Gasteiger partial charge in [0.2, 0.25) is 0 Å². The Bertz CT molecular complexity index is 3390. The minimum atomic E-state index is -0.387. The molecule has 0 unspecified atom stereocenters. The Balaban J connectivity index is 1.32. The maximum atomic E-state index is 5.19. The van der Waals surface area contributed by atoms with E-state index in [1.165, 1.54) is 54.2 Å². The van der Waals surface area contributed by atoms with Crippen LogP contribution in [0, 0.1) is 0 Å². The Morgan fingerprint density at radius 2 is 0.768 bits per heavy atom. The molecule has 0 amide bonds. The summed E-state index contributed by atoms with van der Waals surface area (Å²) >= 11 is 0. The van der Waals surface area contributed by atoms with Crippen molar-refractivity contribution in [2.75, 3.05) is 0 Å². The standard InChI is InChI=1S/C50H30N6/c1-3-13-31-29(11-1)27-41(35-17-7-5-15-33(31)35)43(42-28-30-12-2-4-14-32(30)34-16-6-8-18-36(34)42)50-55-46-37(19-9-21-39(46)44-48(55)53-25-23-51-44)38-20-10-22-40-45-49(54-26-24-52-45)56(50)47(38)40/h1-28,43,50H. The zero-order chi connectivity index (χ0) is 36.5. The van der Waals surface area contributed by atoms with Crippen LogP contribution in [-0.4, -0.2) is 29.1 Å². The Morgan fingerprint density at radius 1 is 0.375 bits per heavy atom. The number of hydrogen-bond acceptors (Lipinski definition) is 4. The first-order chi connectivity index (χ1) is 27.8. The zero-order valence-electron chi connectivity index (χ0n) is 30.0. The van der Waals surface area contributed by atoms with E-state index < -0.39 is 0 Å². The molecule has 0 N–H and O–H groups in total. The second-order valence-electron chi connectivity index (χ2n) is 15.0. The molecular formula is C50H30N6. The smallest absolute Gasteiger partial charge is 0.161 e. The predicted octanol–water partition coefficient (Wildman–Crippen LogP) is 12.0. The van der Waals surface area contributed by atoms with E-state index in [0.717, 1.165) is 55.3 Å². The first-order valence-electron chi connectivity index (χ1n) is 19.1. The van der Waals surface area contributed by atoms with Crippen molar-refractivity contribution in [3.8, 4) is 11.1 Å². The lowest BCUT2D eigenvalue weighted by Crippen LogP contribution is -2.26. The monoisotopic (exact) mass is 714 g/mol. The summed E-state index contributed by atoms with van der Waals surface area (Å²) in [6.45, 7) is 0. The molecule has 260 valence electrons. The summed E-state index contributed by atoms with van der Waals surface area (Å²) < 4.78 is 4.97. The first-order valence-corrected chi connectivity index (χ1v) is 19.1. The van der Waals surface area contributed by atoms with Crippen molar-refractivity contribution in [2.45, 2.75) is 12.1 Å². The van der Waals surface area contributed by atoms with Crippen molar-refractivity contribution in [1.82, 2.24) is 29.1 Å². The van der Waals surface area contributed by atoms with E-state index in [9.17, 15) is 0 Å². The topological polar surface area (TPSA) is 61.4 Å². The summed E-state index contributed by atoms with van der Waals surface area (Å²) in [5.74, 6) is -0.250. The summed E-state index contributed by atoms with van der Waals surface area (Å²) in [6.07, 6.45) is 6.89. The third kappa shape index (κ3) is 3.84. The van der Waals surface area contributed by atoms with E-state index in [4.69, 9.17) is 19.9 Å². The largest absolute Gasteiger partial charge is 0.301 e. The van der Waals surface area contributed by atoms with E-state index in [0.29, 0.717) is 0 Å². The van der Waals surface area contributed by atoms with Crippen LogP contribution in [0.3, 0.4) is 0 Å². The number of para-hydroxylation sites is 2. The first kappa shape index (κ1) is 29.9. The number of nitrogens with zero attached hydrogens (tertiary/aromatic N) is 6. The molecule has 0 aliphatic carbocycles. The average Bonchev–Trinajstić information content (AvgIpc) is 3.74. The summed E-state index contributed by atoms with van der Waals surface area (Å²) in [5.41, 5.74) is 10.4. The fourth-order valence-corrected chi connectivity index (χ4v) is 10.1. The van der Waals surface area contributed by atoms with Gasteiger partial charge in [-0.1, -0.05) is 133 Å². The maximum Gasteiger partial charge on any atom is 0.161 e. The van der Waals surface area contributed by atoms with Gasteiger partial charge in [0.05, 0.1) is 17.0 Å². The molecule has 6 nitrogen and oxygen atoms in total. The summed E-state index contributed by atoms with van der Waals surface area (Å²) in [7, 11) is 0. The molecule has 4 aromatic heterocycles. The molecule has 56 heavy (non-hydrogen) atoms. The SMILES string of the molecule is c1ccc2c(c1)cc(C(c1cc3ccccc3c3ccccc13)C1n3c4nccnc4c4cccc(c43)-c3cccc4c5nccnc5n1c34)c1ccccc12. The lowest BCUT2D eigenvalue weighted by Gasteiger charge is -2.34. The third-order valence-corrected chi connectivity index (χ3v) is 12.3. The Morgan fingerprint density at radius 3 is 1.25 bits per heavy atom. The Kier molecular flexibility index (Phi) is 5.91. The number of aromatic nitrogens is 6. The minimum Gasteiger partial charge on any atom is -0.301 e. The van der Waals surface area contributed by atoms with E-state index in [2.05, 4.69) is 155 Å². The Hall–Kier alpha value is -7.44. The molecule has 12 aromatic rings. The van der Waals surface area contributed by atoms with Crippen molar-refractivity contribution < 1.29 is 0 Å². The zero-order valence-corrected chi connectivity index (χ0v) is 30.0. The number of fused-ring (bicyclic) bond motifs is 13. The van der Waals surface area contributed by atoms with Gasteiger partial charge in [-0.15, -0.1) is 0 Å². The fourth-order valence-electron chi connectivity index (χ4n) is 10.1. The molecule has 0 fully saturated rings. The molecule has 0 saturated heterocycles. The van der Waals surface area contributed by atoms with Crippen LogP contribution in [0.5, 0.6) is 0 Å². The molecule has 8 aromatic carbocycles. The minimum absolute atomic E-state index is 0.250. The van der Waals surface area contributed by atoms with Crippen LogP contribution in [-0.2, 0) is 0 Å². The second-order valence-corrected chi connectivity index (χ2v) is 15.0. The number of benzene rings is 8. The highest BCUT2D eigenvalue weighted by atomic mass is 15.3. The van der Waals surface area contributed by atoms with E-state index in [-0.39, 0.29) is 12.1 Å². The normalized spacial score (nSPS) is 13.1. The highest BCUT2D eigenvalue weighted by molar-refractivity contribution is 6.17. The van der Waals surface area contributed by atoms with Gasteiger partial charge in [0.1, 0.15) is 17.2 Å². The van der Waals surface area contributed by atoms with Crippen LogP contribution >= 0.6 is 0 Å². The van der Waals surface area contributed by atoms with Crippen LogP contribution < -0.4 is 0 Å². The third-order valence-electron chi connectivity index (χ3n) is 12.3. The van der Waals surface area contributed by atoms with Crippen molar-refractivity contribution in [1.29, 1.82) is 0 Å². The summed E-state index contributed by atoms with van der Waals surface area (Å²) in [6, 6.07) is 53.5. The van der Waals surface area contributed by atoms with Gasteiger partial charge >= 0.3 is 0 Å². The molecular weight excluding hydrogens is 685 g/mol. The molecule has 13 rings (SSSR count). The molecule has 0 atom stereocenters. The average molecular weight is 715 g/mol. The van der Waals surface area contributed by atoms with E-state index in [1.807, 2.05) is 24.8 Å². The molecule has 0 radical (unpaired) electrons. The highest BCUT2D eigenvalue weighted by Gasteiger charge is 2.39. The Labute approximate surface area is 319 Å². The van der Waals surface area contributed by atoms with Gasteiger partial charge in [-0.05, 0) is 66.3 Å². The van der Waals surface area contributed by atoms with Gasteiger partial charge in [-0.25, -0.2) is 9.97 Å². The van der Waals surface area contributed by atoms with Crippen LogP contribution in [0.25, 0.3) is 98.4 Å². The number of rotatable bonds is 3. The van der Waals surface area contributed by atoms with Crippen molar-refractivity contribution >= 4 is 87.2 Å².